The molecular formula is C19H21NO5. The number of hydrogen-bond acceptors (Lipinski definition) is 4. The molecule has 2 rings (SSSR count). The molecule has 0 atom stereocenters. The van der Waals surface area contributed by atoms with E-state index in [2.05, 4.69) is 5.32 Å². The number of aromatic carboxylic acids is 1. The van der Waals surface area contributed by atoms with E-state index in [1.165, 1.54) is 13.2 Å². The van der Waals surface area contributed by atoms with E-state index in [1.807, 2.05) is 0 Å². The molecule has 2 aromatic carbocycles. The van der Waals surface area contributed by atoms with Gasteiger partial charge in [-0.2, -0.15) is 0 Å². The summed E-state index contributed by atoms with van der Waals surface area (Å²) in [6.07, 6.45) is -0.545. The Morgan fingerprint density at radius 1 is 1.04 bits per heavy atom. The lowest BCUT2D eigenvalue weighted by molar-refractivity contribution is 0.0634. The van der Waals surface area contributed by atoms with Crippen LogP contribution in [0.25, 0.3) is 11.1 Å². The first-order chi connectivity index (χ1) is 11.7. The lowest BCUT2D eigenvalue weighted by atomic mass is 9.99. The number of benzene rings is 2. The third kappa shape index (κ3) is 4.97. The fourth-order valence-electron chi connectivity index (χ4n) is 2.23. The molecule has 0 radical (unpaired) electrons. The highest BCUT2D eigenvalue weighted by atomic mass is 16.6. The van der Waals surface area contributed by atoms with Gasteiger partial charge in [0, 0.05) is 5.69 Å². The molecular weight excluding hydrogens is 322 g/mol. The maximum absolute atomic E-state index is 11.8. The molecule has 25 heavy (non-hydrogen) atoms. The summed E-state index contributed by atoms with van der Waals surface area (Å²) in [7, 11) is 1.48. The van der Waals surface area contributed by atoms with E-state index in [1.54, 1.807) is 57.2 Å². The quantitative estimate of drug-likeness (QED) is 0.859. The molecule has 0 aliphatic heterocycles. The molecule has 0 bridgehead atoms. The number of hydrogen-bond donors (Lipinski definition) is 2. The van der Waals surface area contributed by atoms with E-state index in [0.29, 0.717) is 17.0 Å². The maximum atomic E-state index is 11.8. The summed E-state index contributed by atoms with van der Waals surface area (Å²) in [4.78, 5) is 23.3. The van der Waals surface area contributed by atoms with Gasteiger partial charge in [0.1, 0.15) is 11.4 Å². The fraction of sp³-hybridized carbons (Fsp3) is 0.263. The molecule has 0 spiro atoms. The van der Waals surface area contributed by atoms with Crippen molar-refractivity contribution in [3.63, 3.8) is 0 Å². The zero-order valence-electron chi connectivity index (χ0n) is 14.6. The highest BCUT2D eigenvalue weighted by Gasteiger charge is 2.17. The van der Waals surface area contributed by atoms with E-state index in [0.717, 1.165) is 5.56 Å². The number of carboxylic acid groups (broad SMARTS) is 1. The van der Waals surface area contributed by atoms with Crippen molar-refractivity contribution in [2.75, 3.05) is 12.4 Å². The second kappa shape index (κ2) is 7.25. The number of rotatable bonds is 4. The standard InChI is InChI=1S/C19H21NO5/c1-19(2,3)25-18(23)20-13-7-5-12(6-8-13)15-10-9-14(24-4)11-16(15)17(21)22/h5-11H,1-4H3,(H,20,23)(H,21,22). The SMILES string of the molecule is COc1ccc(-c2ccc(NC(=O)OC(C)(C)C)cc2)c(C(=O)O)c1. The molecule has 132 valence electrons. The van der Waals surface area contributed by atoms with Gasteiger partial charge in [-0.15, -0.1) is 0 Å². The largest absolute Gasteiger partial charge is 0.497 e. The third-order valence-electron chi connectivity index (χ3n) is 3.30. The first kappa shape index (κ1) is 18.3. The summed E-state index contributed by atoms with van der Waals surface area (Å²) in [5.41, 5.74) is 1.41. The third-order valence-corrected chi connectivity index (χ3v) is 3.30. The van der Waals surface area contributed by atoms with Crippen molar-refractivity contribution in [2.24, 2.45) is 0 Å². The summed E-state index contributed by atoms with van der Waals surface area (Å²) >= 11 is 0. The predicted octanol–water partition coefficient (Wildman–Crippen LogP) is 4.41. The Hall–Kier alpha value is -3.02. The van der Waals surface area contributed by atoms with Crippen molar-refractivity contribution in [3.8, 4) is 16.9 Å². The van der Waals surface area contributed by atoms with Crippen LogP contribution < -0.4 is 10.1 Å². The Morgan fingerprint density at radius 3 is 2.20 bits per heavy atom. The van der Waals surface area contributed by atoms with Crippen LogP contribution in [0.4, 0.5) is 10.5 Å². The van der Waals surface area contributed by atoms with Gasteiger partial charge in [0.15, 0.2) is 0 Å². The van der Waals surface area contributed by atoms with Gasteiger partial charge in [0.05, 0.1) is 12.7 Å². The number of carboxylic acids is 1. The van der Waals surface area contributed by atoms with Crippen LogP contribution in [-0.2, 0) is 4.74 Å². The number of methoxy groups -OCH3 is 1. The average molecular weight is 343 g/mol. The molecule has 2 aromatic rings. The Morgan fingerprint density at radius 2 is 1.68 bits per heavy atom. The molecule has 1 amide bonds. The van der Waals surface area contributed by atoms with Crippen molar-refractivity contribution < 1.29 is 24.2 Å². The molecule has 0 unspecified atom stereocenters. The first-order valence-corrected chi connectivity index (χ1v) is 7.71. The van der Waals surface area contributed by atoms with Crippen LogP contribution >= 0.6 is 0 Å². The van der Waals surface area contributed by atoms with Crippen LogP contribution in [0.3, 0.4) is 0 Å². The van der Waals surface area contributed by atoms with Gasteiger partial charge >= 0.3 is 12.1 Å². The highest BCUT2D eigenvalue weighted by molar-refractivity contribution is 5.96. The Labute approximate surface area is 146 Å². The summed E-state index contributed by atoms with van der Waals surface area (Å²) in [5.74, 6) is -0.561. The Balaban J connectivity index is 2.23. The van der Waals surface area contributed by atoms with Crippen LogP contribution in [0.1, 0.15) is 31.1 Å². The van der Waals surface area contributed by atoms with Crippen molar-refractivity contribution in [2.45, 2.75) is 26.4 Å². The molecule has 0 aliphatic carbocycles. The number of amides is 1. The van der Waals surface area contributed by atoms with Crippen LogP contribution in [0, 0.1) is 0 Å². The summed E-state index contributed by atoms with van der Waals surface area (Å²) in [5, 5.41) is 12.0. The molecule has 0 aromatic heterocycles. The number of nitrogens with one attached hydrogen (secondary N) is 1. The van der Waals surface area contributed by atoms with Crippen LogP contribution in [0.15, 0.2) is 42.5 Å². The molecule has 6 heteroatoms. The van der Waals surface area contributed by atoms with Gasteiger partial charge in [-0.1, -0.05) is 12.1 Å². The summed E-state index contributed by atoms with van der Waals surface area (Å²) < 4.78 is 10.3. The lowest BCUT2D eigenvalue weighted by Crippen LogP contribution is -2.27. The monoisotopic (exact) mass is 343 g/mol. The second-order valence-corrected chi connectivity index (χ2v) is 6.42. The van der Waals surface area contributed by atoms with Crippen LogP contribution in [0.2, 0.25) is 0 Å². The van der Waals surface area contributed by atoms with E-state index in [4.69, 9.17) is 9.47 Å². The van der Waals surface area contributed by atoms with Gasteiger partial charge in [0.2, 0.25) is 0 Å². The minimum Gasteiger partial charge on any atom is -0.497 e. The zero-order chi connectivity index (χ0) is 18.6. The van der Waals surface area contributed by atoms with Crippen LogP contribution in [-0.4, -0.2) is 29.9 Å². The Bertz CT molecular complexity index is 775. The van der Waals surface area contributed by atoms with Crippen molar-refractivity contribution in [3.05, 3.63) is 48.0 Å². The predicted molar refractivity (Wildman–Crippen MR) is 95.2 cm³/mol. The number of anilines is 1. The fourth-order valence-corrected chi connectivity index (χ4v) is 2.23. The lowest BCUT2D eigenvalue weighted by Gasteiger charge is -2.19. The molecule has 0 aliphatic rings. The highest BCUT2D eigenvalue weighted by Crippen LogP contribution is 2.28. The minimum atomic E-state index is -1.04. The molecule has 0 fully saturated rings. The molecule has 0 saturated carbocycles. The zero-order valence-corrected chi connectivity index (χ0v) is 14.6. The summed E-state index contributed by atoms with van der Waals surface area (Å²) in [6, 6.07) is 11.7. The van der Waals surface area contributed by atoms with Crippen molar-refractivity contribution >= 4 is 17.7 Å². The first-order valence-electron chi connectivity index (χ1n) is 7.71. The van der Waals surface area contributed by atoms with Crippen molar-refractivity contribution in [1.82, 2.24) is 0 Å². The van der Waals surface area contributed by atoms with Gasteiger partial charge in [-0.25, -0.2) is 9.59 Å². The summed E-state index contributed by atoms with van der Waals surface area (Å²) in [6.45, 7) is 5.35. The normalized spacial score (nSPS) is 10.9. The number of carbonyl (C=O) groups is 2. The molecule has 2 N–H and O–H groups in total. The van der Waals surface area contributed by atoms with Crippen LogP contribution in [0.5, 0.6) is 5.75 Å². The van der Waals surface area contributed by atoms with Gasteiger partial charge in [-0.3, -0.25) is 5.32 Å². The van der Waals surface area contributed by atoms with Gasteiger partial charge in [-0.05, 0) is 62.2 Å². The molecule has 0 saturated heterocycles. The number of carbonyl (C=O) groups excluding carboxylic acids is 1. The smallest absolute Gasteiger partial charge is 0.412 e. The number of ether oxygens (including phenoxy) is 2. The molecule has 0 heterocycles. The van der Waals surface area contributed by atoms with E-state index in [-0.39, 0.29) is 5.56 Å². The minimum absolute atomic E-state index is 0.146. The second-order valence-electron chi connectivity index (χ2n) is 6.42. The maximum Gasteiger partial charge on any atom is 0.412 e. The van der Waals surface area contributed by atoms with E-state index < -0.39 is 17.7 Å². The van der Waals surface area contributed by atoms with E-state index in [9.17, 15) is 14.7 Å². The average Bonchev–Trinajstić information content (AvgIpc) is 2.53. The topological polar surface area (TPSA) is 84.9 Å². The van der Waals surface area contributed by atoms with Gasteiger partial charge < -0.3 is 14.6 Å². The Kier molecular flexibility index (Phi) is 5.32. The van der Waals surface area contributed by atoms with E-state index >= 15 is 0 Å². The van der Waals surface area contributed by atoms with Gasteiger partial charge in [0.25, 0.3) is 0 Å². The van der Waals surface area contributed by atoms with Crippen molar-refractivity contribution in [1.29, 1.82) is 0 Å². The molecule has 6 nitrogen and oxygen atoms in total.